The van der Waals surface area contributed by atoms with Crippen LogP contribution in [0.3, 0.4) is 0 Å². The van der Waals surface area contributed by atoms with Gasteiger partial charge in [0.25, 0.3) is 0 Å². The quantitative estimate of drug-likeness (QED) is 0.653. The number of ether oxygens (including phenoxy) is 2. The topological polar surface area (TPSA) is 80.8 Å². The van der Waals surface area contributed by atoms with Gasteiger partial charge in [0.2, 0.25) is 11.8 Å². The first-order valence-corrected chi connectivity index (χ1v) is 9.84. The van der Waals surface area contributed by atoms with E-state index in [1.807, 2.05) is 54.6 Å². The van der Waals surface area contributed by atoms with Gasteiger partial charge in [-0.15, -0.1) is 0 Å². The van der Waals surface area contributed by atoms with Crippen molar-refractivity contribution in [2.45, 2.75) is 6.42 Å². The average molecular weight is 405 g/mol. The van der Waals surface area contributed by atoms with Gasteiger partial charge in [-0.3, -0.25) is 14.6 Å². The van der Waals surface area contributed by atoms with Crippen LogP contribution in [-0.2, 0) is 9.59 Å². The second-order valence-corrected chi connectivity index (χ2v) is 7.11. The highest BCUT2D eigenvalue weighted by Gasteiger charge is 2.34. The van der Waals surface area contributed by atoms with Gasteiger partial charge in [-0.25, -0.2) is 0 Å². The van der Waals surface area contributed by atoms with Crippen LogP contribution in [0, 0.1) is 5.92 Å². The molecule has 2 heterocycles. The molecule has 4 rings (SSSR count). The summed E-state index contributed by atoms with van der Waals surface area (Å²) in [5.41, 5.74) is 1.52. The minimum atomic E-state index is -0.393. The van der Waals surface area contributed by atoms with E-state index in [1.165, 1.54) is 0 Å². The number of nitrogens with one attached hydrogen (secondary N) is 1. The Morgan fingerprint density at radius 3 is 2.80 bits per heavy atom. The van der Waals surface area contributed by atoms with E-state index in [9.17, 15) is 9.59 Å². The molecule has 2 amide bonds. The molecule has 0 radical (unpaired) electrons. The number of hydrogen-bond donors (Lipinski definition) is 1. The van der Waals surface area contributed by atoms with Crippen molar-refractivity contribution in [1.29, 1.82) is 0 Å². The molecule has 0 bridgehead atoms. The summed E-state index contributed by atoms with van der Waals surface area (Å²) in [7, 11) is 1.58. The molecule has 1 fully saturated rings. The lowest BCUT2D eigenvalue weighted by Crippen LogP contribution is -2.31. The Bertz CT molecular complexity index is 1060. The number of likely N-dealkylation sites (tertiary alicyclic amines) is 1. The summed E-state index contributed by atoms with van der Waals surface area (Å²) in [6.45, 7) is 1.12. The van der Waals surface area contributed by atoms with Gasteiger partial charge in [-0.2, -0.15) is 0 Å². The Balaban J connectivity index is 1.34. The van der Waals surface area contributed by atoms with Crippen LogP contribution in [0.5, 0.6) is 11.5 Å². The molecule has 1 N–H and O–H groups in total. The van der Waals surface area contributed by atoms with Crippen LogP contribution in [0.1, 0.15) is 6.42 Å². The Kier molecular flexibility index (Phi) is 5.79. The standard InChI is InChI=1S/C23H23N3O4/c1-29-20-9-2-3-10-21(20)30-13-12-26-15-16(14-22(26)27)23(28)25-19-8-4-7-18-17(19)6-5-11-24-18/h2-11,16H,12-15H2,1H3,(H,25,28)/t16-/m0/s1. The summed E-state index contributed by atoms with van der Waals surface area (Å²) in [6, 6.07) is 16.7. The molecule has 154 valence electrons. The van der Waals surface area contributed by atoms with Crippen molar-refractivity contribution in [3.05, 3.63) is 60.8 Å². The van der Waals surface area contributed by atoms with E-state index >= 15 is 0 Å². The number of amides is 2. The molecule has 0 spiro atoms. The molecule has 1 aliphatic rings. The zero-order valence-electron chi connectivity index (χ0n) is 16.7. The third kappa shape index (κ3) is 4.20. The molecule has 7 heteroatoms. The molecule has 1 saturated heterocycles. The number of nitrogens with zero attached hydrogens (tertiary/aromatic N) is 2. The van der Waals surface area contributed by atoms with Gasteiger partial charge >= 0.3 is 0 Å². The second kappa shape index (κ2) is 8.82. The smallest absolute Gasteiger partial charge is 0.229 e. The van der Waals surface area contributed by atoms with Crippen molar-refractivity contribution in [3.8, 4) is 11.5 Å². The number of hydrogen-bond acceptors (Lipinski definition) is 5. The highest BCUT2D eigenvalue weighted by atomic mass is 16.5. The molecule has 0 saturated carbocycles. The molecule has 7 nitrogen and oxygen atoms in total. The zero-order valence-corrected chi connectivity index (χ0v) is 16.7. The lowest BCUT2D eigenvalue weighted by atomic mass is 10.1. The number of pyridine rings is 1. The van der Waals surface area contributed by atoms with Crippen molar-refractivity contribution < 1.29 is 19.1 Å². The SMILES string of the molecule is COc1ccccc1OCCN1C[C@@H](C(=O)Nc2cccc3ncccc23)CC1=O. The van der Waals surface area contributed by atoms with Gasteiger partial charge in [-0.1, -0.05) is 18.2 Å². The largest absolute Gasteiger partial charge is 0.493 e. The van der Waals surface area contributed by atoms with Crippen LogP contribution in [0.4, 0.5) is 5.69 Å². The van der Waals surface area contributed by atoms with Gasteiger partial charge in [-0.05, 0) is 36.4 Å². The van der Waals surface area contributed by atoms with E-state index in [1.54, 1.807) is 18.2 Å². The first-order valence-electron chi connectivity index (χ1n) is 9.84. The van der Waals surface area contributed by atoms with Gasteiger partial charge in [0, 0.05) is 24.5 Å². The normalized spacial score (nSPS) is 16.0. The fourth-order valence-corrected chi connectivity index (χ4v) is 3.61. The molecule has 0 aliphatic carbocycles. The van der Waals surface area contributed by atoms with Crippen molar-refractivity contribution >= 4 is 28.4 Å². The maximum absolute atomic E-state index is 12.8. The van der Waals surface area contributed by atoms with Crippen LogP contribution in [0.25, 0.3) is 10.9 Å². The lowest BCUT2D eigenvalue weighted by molar-refractivity contribution is -0.128. The molecule has 1 aliphatic heterocycles. The van der Waals surface area contributed by atoms with Crippen molar-refractivity contribution in [2.24, 2.45) is 5.92 Å². The number of benzene rings is 2. The Labute approximate surface area is 174 Å². The number of aromatic nitrogens is 1. The predicted octanol–water partition coefficient (Wildman–Crippen LogP) is 3.11. The van der Waals surface area contributed by atoms with Crippen LogP contribution in [-0.4, -0.2) is 48.5 Å². The predicted molar refractivity (Wildman–Crippen MR) is 114 cm³/mol. The van der Waals surface area contributed by atoms with Gasteiger partial charge < -0.3 is 19.7 Å². The molecule has 2 aromatic carbocycles. The van der Waals surface area contributed by atoms with Crippen molar-refractivity contribution in [1.82, 2.24) is 9.88 Å². The molecule has 3 aromatic rings. The maximum Gasteiger partial charge on any atom is 0.229 e. The molecule has 1 aromatic heterocycles. The number of rotatable bonds is 7. The fourth-order valence-electron chi connectivity index (χ4n) is 3.61. The second-order valence-electron chi connectivity index (χ2n) is 7.11. The average Bonchev–Trinajstić information content (AvgIpc) is 3.15. The van der Waals surface area contributed by atoms with E-state index in [4.69, 9.17) is 9.47 Å². The van der Waals surface area contributed by atoms with E-state index < -0.39 is 5.92 Å². The number of fused-ring (bicyclic) bond motifs is 1. The van der Waals surface area contributed by atoms with E-state index in [0.29, 0.717) is 36.9 Å². The zero-order chi connectivity index (χ0) is 20.9. The molecule has 30 heavy (non-hydrogen) atoms. The third-order valence-corrected chi connectivity index (χ3v) is 5.18. The molecule has 0 unspecified atom stereocenters. The summed E-state index contributed by atoms with van der Waals surface area (Å²) in [5.74, 6) is 0.680. The highest BCUT2D eigenvalue weighted by Crippen LogP contribution is 2.27. The lowest BCUT2D eigenvalue weighted by Gasteiger charge is -2.18. The molecular weight excluding hydrogens is 382 g/mol. The fraction of sp³-hybridized carbons (Fsp3) is 0.261. The molecular formula is C23H23N3O4. The Hall–Kier alpha value is -3.61. The summed E-state index contributed by atoms with van der Waals surface area (Å²) in [6.07, 6.45) is 1.91. The minimum absolute atomic E-state index is 0.0432. The van der Waals surface area contributed by atoms with Gasteiger partial charge in [0.1, 0.15) is 6.61 Å². The monoisotopic (exact) mass is 405 g/mol. The number of carbonyl (C=O) groups is 2. The molecule has 1 atom stereocenters. The minimum Gasteiger partial charge on any atom is -0.493 e. The number of para-hydroxylation sites is 2. The first kappa shape index (κ1) is 19.7. The first-order chi connectivity index (χ1) is 14.7. The number of anilines is 1. The highest BCUT2D eigenvalue weighted by molar-refractivity contribution is 6.03. The Morgan fingerprint density at radius 2 is 1.97 bits per heavy atom. The van der Waals surface area contributed by atoms with Crippen molar-refractivity contribution in [2.75, 3.05) is 32.1 Å². The summed E-state index contributed by atoms with van der Waals surface area (Å²) in [5, 5.41) is 3.83. The summed E-state index contributed by atoms with van der Waals surface area (Å²) < 4.78 is 11.0. The van der Waals surface area contributed by atoms with E-state index in [-0.39, 0.29) is 18.2 Å². The Morgan fingerprint density at radius 1 is 1.13 bits per heavy atom. The number of carbonyl (C=O) groups excluding carboxylic acids is 2. The maximum atomic E-state index is 12.8. The number of methoxy groups -OCH3 is 1. The van der Waals surface area contributed by atoms with Gasteiger partial charge in [0.15, 0.2) is 11.5 Å². The van der Waals surface area contributed by atoms with Crippen LogP contribution >= 0.6 is 0 Å². The summed E-state index contributed by atoms with van der Waals surface area (Å²) >= 11 is 0. The third-order valence-electron chi connectivity index (χ3n) is 5.18. The van der Waals surface area contributed by atoms with E-state index in [2.05, 4.69) is 10.3 Å². The van der Waals surface area contributed by atoms with Crippen LogP contribution in [0.15, 0.2) is 60.8 Å². The van der Waals surface area contributed by atoms with Crippen LogP contribution in [0.2, 0.25) is 0 Å². The van der Waals surface area contributed by atoms with Crippen molar-refractivity contribution in [3.63, 3.8) is 0 Å². The van der Waals surface area contributed by atoms with Gasteiger partial charge in [0.05, 0.1) is 30.8 Å². The summed E-state index contributed by atoms with van der Waals surface area (Å²) in [4.78, 5) is 31.1. The van der Waals surface area contributed by atoms with E-state index in [0.717, 1.165) is 10.9 Å². The van der Waals surface area contributed by atoms with Crippen LogP contribution < -0.4 is 14.8 Å².